The van der Waals surface area contributed by atoms with Gasteiger partial charge in [-0.3, -0.25) is 24.1 Å². The average Bonchev–Trinajstić information content (AvgIpc) is 3.95. The van der Waals surface area contributed by atoms with Gasteiger partial charge in [0.2, 0.25) is 10.5 Å². The summed E-state index contributed by atoms with van der Waals surface area (Å²) in [5.74, 6) is -2.71. The van der Waals surface area contributed by atoms with Gasteiger partial charge in [-0.05, 0) is 42.7 Å². The number of β-lactam (4-membered cyclic amide) rings is 1. The van der Waals surface area contributed by atoms with Crippen LogP contribution in [0.4, 0.5) is 10.1 Å². The molecule has 3 fully saturated rings. The van der Waals surface area contributed by atoms with Crippen molar-refractivity contribution in [1.82, 2.24) is 20.1 Å². The Morgan fingerprint density at radius 3 is 2.53 bits per heavy atom. The Balaban J connectivity index is 0.00000417. The van der Waals surface area contributed by atoms with E-state index in [-0.39, 0.29) is 75.9 Å². The Bertz CT molecular complexity index is 1920. The number of amides is 2. The van der Waals surface area contributed by atoms with Crippen LogP contribution in [0.2, 0.25) is 0 Å². The van der Waals surface area contributed by atoms with E-state index in [2.05, 4.69) is 10.6 Å². The summed E-state index contributed by atoms with van der Waals surface area (Å²) in [7, 11) is 0. The monoisotopic (exact) mass is 715 g/mol. The molecule has 49 heavy (non-hydrogen) atoms. The molecule has 1 saturated carbocycles. The number of carbonyl (C=O) groups excluding carboxylic acids is 4. The van der Waals surface area contributed by atoms with E-state index in [1.54, 1.807) is 36.4 Å². The second-order valence-electron chi connectivity index (χ2n) is 11.9. The van der Waals surface area contributed by atoms with Gasteiger partial charge in [0, 0.05) is 55.3 Å². The van der Waals surface area contributed by atoms with E-state index < -0.39 is 45.6 Å². The summed E-state index contributed by atoms with van der Waals surface area (Å²) in [5, 5.41) is 17.0. The number of hydrogen-bond acceptors (Lipinski definition) is 11. The van der Waals surface area contributed by atoms with Crippen molar-refractivity contribution in [3.63, 3.8) is 0 Å². The number of halogens is 1. The number of thioether (sulfide) groups is 2. The molecule has 0 radical (unpaired) electrons. The Kier molecular flexibility index (Phi) is 10.8. The number of ether oxygens (including phenoxy) is 1. The van der Waals surface area contributed by atoms with Gasteiger partial charge in [-0.1, -0.05) is 30.0 Å². The minimum absolute atomic E-state index is 0. The normalized spacial score (nSPS) is 20.3. The first-order valence-corrected chi connectivity index (χ1v) is 17.6. The summed E-state index contributed by atoms with van der Waals surface area (Å²) in [4.78, 5) is 67.8. The summed E-state index contributed by atoms with van der Waals surface area (Å²) in [6.45, 7) is 2.39. The zero-order valence-corrected chi connectivity index (χ0v) is 30.2. The van der Waals surface area contributed by atoms with Crippen molar-refractivity contribution in [3.05, 3.63) is 81.5 Å². The van der Waals surface area contributed by atoms with E-state index in [4.69, 9.17) is 4.74 Å². The molecule has 7 rings (SSSR count). The van der Waals surface area contributed by atoms with Gasteiger partial charge in [0.05, 0.1) is 28.4 Å². The average molecular weight is 716 g/mol. The molecule has 4 aliphatic rings. The summed E-state index contributed by atoms with van der Waals surface area (Å²) >= 11 is 2.00. The number of aromatic nitrogens is 1. The minimum atomic E-state index is -1.58. The quantitative estimate of drug-likeness (QED) is 0.182. The molecule has 2 amide bonds. The largest absolute Gasteiger partial charge is 1.00 e. The Morgan fingerprint density at radius 1 is 1.10 bits per heavy atom. The topological polar surface area (TPSA) is 153 Å². The predicted octanol–water partition coefficient (Wildman–Crippen LogP) is -1.75. The third-order valence-corrected chi connectivity index (χ3v) is 11.1. The summed E-state index contributed by atoms with van der Waals surface area (Å²) in [6.07, 6.45) is 3.26. The number of piperazine rings is 1. The predicted molar refractivity (Wildman–Crippen MR) is 177 cm³/mol. The molecule has 16 heteroatoms. The number of rotatable bonds is 10. The van der Waals surface area contributed by atoms with Crippen LogP contribution in [0.3, 0.4) is 0 Å². The number of para-hydroxylation sites is 1. The van der Waals surface area contributed by atoms with Gasteiger partial charge in [0.15, 0.2) is 6.61 Å². The molecule has 3 aliphatic heterocycles. The van der Waals surface area contributed by atoms with E-state index >= 15 is 4.39 Å². The van der Waals surface area contributed by atoms with Crippen LogP contribution < -0.4 is 60.4 Å². The molecule has 12 nitrogen and oxygen atoms in total. The first-order valence-electron chi connectivity index (χ1n) is 15.6. The molecular weight excluding hydrogens is 685 g/mol. The second-order valence-corrected chi connectivity index (χ2v) is 14.0. The molecule has 2 atom stereocenters. The van der Waals surface area contributed by atoms with Crippen LogP contribution in [-0.4, -0.2) is 88.1 Å². The number of nitrogens with one attached hydrogen (secondary N) is 2. The van der Waals surface area contributed by atoms with Crippen molar-refractivity contribution >= 4 is 63.0 Å². The zero-order valence-electron chi connectivity index (χ0n) is 26.6. The summed E-state index contributed by atoms with van der Waals surface area (Å²) in [6, 6.07) is 10.7. The number of hydrogen-bond donors (Lipinski definition) is 2. The molecule has 2 N–H and O–H groups in total. The number of aliphatic carboxylic acids is 1. The molecule has 2 saturated heterocycles. The number of pyridine rings is 1. The SMILES string of the molecule is O=C(COc1ccccc1)N[C@@H]1C(=O)N2C(C(=O)[O-])=C(CSC(=O)c3cn(C4CC4)c4cc(N5CCNCC5)c(F)cc4c3=O)CS[C@H]12.[Na+]. The maximum atomic E-state index is 15.4. The van der Waals surface area contributed by atoms with Crippen molar-refractivity contribution in [2.75, 3.05) is 49.2 Å². The summed E-state index contributed by atoms with van der Waals surface area (Å²) < 4.78 is 22.7. The second kappa shape index (κ2) is 14.9. The minimum Gasteiger partial charge on any atom is -0.543 e. The van der Waals surface area contributed by atoms with E-state index in [9.17, 15) is 29.1 Å². The van der Waals surface area contributed by atoms with Crippen molar-refractivity contribution < 1.29 is 63.0 Å². The number of carbonyl (C=O) groups is 4. The van der Waals surface area contributed by atoms with Crippen molar-refractivity contribution in [2.45, 2.75) is 30.3 Å². The molecule has 1 aliphatic carbocycles. The maximum Gasteiger partial charge on any atom is 1.00 e. The first-order chi connectivity index (χ1) is 23.2. The van der Waals surface area contributed by atoms with Crippen LogP contribution in [0.15, 0.2) is 64.7 Å². The Hall–Kier alpha value is -3.34. The van der Waals surface area contributed by atoms with E-state index in [0.717, 1.165) is 42.6 Å². The molecule has 250 valence electrons. The fraction of sp³-hybridized carbons (Fsp3) is 0.364. The molecule has 3 aromatic rings. The third-order valence-electron chi connectivity index (χ3n) is 8.77. The van der Waals surface area contributed by atoms with Crippen LogP contribution >= 0.6 is 23.5 Å². The summed E-state index contributed by atoms with van der Waals surface area (Å²) in [5.41, 5.74) is 0.224. The smallest absolute Gasteiger partial charge is 0.543 e. The third kappa shape index (κ3) is 7.14. The van der Waals surface area contributed by atoms with Gasteiger partial charge in [0.1, 0.15) is 23.0 Å². The van der Waals surface area contributed by atoms with Crippen molar-refractivity contribution in [1.29, 1.82) is 0 Å². The number of benzene rings is 2. The molecule has 0 bridgehead atoms. The van der Waals surface area contributed by atoms with E-state index in [1.807, 2.05) is 9.47 Å². The van der Waals surface area contributed by atoms with E-state index in [0.29, 0.717) is 30.0 Å². The van der Waals surface area contributed by atoms with Crippen LogP contribution in [0.1, 0.15) is 29.2 Å². The van der Waals surface area contributed by atoms with Crippen LogP contribution in [0, 0.1) is 5.82 Å². The maximum absolute atomic E-state index is 15.4. The number of nitrogens with zero attached hydrogens (tertiary/aromatic N) is 3. The molecule has 2 aromatic carbocycles. The number of carboxylic acids is 1. The standard InChI is InChI=1S/C33H32FN5O7S2.Na/c34-23-12-21-24(13-25(23)37-10-8-35-9-11-37)38(19-6-7-19)14-22(29(21)41)33(45)48-17-18-16-47-31-27(30(42)39(31)28(18)32(43)44)36-26(40)15-46-20-4-2-1-3-5-20;/h1-5,12-14,19,27,31,35H,6-11,15-17H2,(H,36,40)(H,43,44);/q;+1/p-1/t27-,31-;/m1./s1. The van der Waals surface area contributed by atoms with Gasteiger partial charge < -0.3 is 34.7 Å². The molecule has 0 spiro atoms. The van der Waals surface area contributed by atoms with Crippen LogP contribution in [0.25, 0.3) is 10.9 Å². The Morgan fingerprint density at radius 2 is 1.84 bits per heavy atom. The van der Waals surface area contributed by atoms with Gasteiger partial charge in [-0.15, -0.1) is 11.8 Å². The van der Waals surface area contributed by atoms with Crippen molar-refractivity contribution in [2.24, 2.45) is 0 Å². The Labute approximate surface area is 311 Å². The fourth-order valence-corrected chi connectivity index (χ4v) is 8.52. The van der Waals surface area contributed by atoms with Gasteiger partial charge in [0.25, 0.3) is 11.8 Å². The fourth-order valence-electron chi connectivity index (χ4n) is 6.20. The molecule has 0 unspecified atom stereocenters. The van der Waals surface area contributed by atoms with Crippen LogP contribution in [0.5, 0.6) is 5.75 Å². The van der Waals surface area contributed by atoms with Gasteiger partial charge in [-0.25, -0.2) is 4.39 Å². The molecule has 1 aromatic heterocycles. The van der Waals surface area contributed by atoms with E-state index in [1.165, 1.54) is 24.0 Å². The molecular formula is C33H31FN5NaO7S2. The van der Waals surface area contributed by atoms with Gasteiger partial charge >= 0.3 is 29.6 Å². The molecule has 4 heterocycles. The number of anilines is 1. The van der Waals surface area contributed by atoms with Gasteiger partial charge in [-0.2, -0.15) is 0 Å². The first kappa shape index (κ1) is 35.5. The number of carboxylic acid groups (broad SMARTS) is 1. The zero-order chi connectivity index (χ0) is 33.5. The van der Waals surface area contributed by atoms with Crippen LogP contribution in [-0.2, 0) is 14.4 Å². The van der Waals surface area contributed by atoms with Crippen molar-refractivity contribution in [3.8, 4) is 5.75 Å². The number of fused-ring (bicyclic) bond motifs is 2.